The first-order valence-corrected chi connectivity index (χ1v) is 14.2. The van der Waals surface area contributed by atoms with Crippen molar-refractivity contribution in [3.05, 3.63) is 106 Å². The summed E-state index contributed by atoms with van der Waals surface area (Å²) in [6, 6.07) is 18.4. The quantitative estimate of drug-likeness (QED) is 0.178. The Morgan fingerprint density at radius 2 is 1.74 bits per heavy atom. The number of imidazole rings is 1. The van der Waals surface area contributed by atoms with Gasteiger partial charge in [-0.3, -0.25) is 9.69 Å². The molecule has 9 nitrogen and oxygen atoms in total. The van der Waals surface area contributed by atoms with Crippen molar-refractivity contribution in [1.82, 2.24) is 20.2 Å². The number of nitrogens with one attached hydrogen (secondary N) is 2. The first-order chi connectivity index (χ1) is 20.2. The van der Waals surface area contributed by atoms with Crippen LogP contribution in [0.25, 0.3) is 11.3 Å². The first-order valence-electron chi connectivity index (χ1n) is 13.4. The molecule has 3 atom stereocenters. The zero-order valence-corrected chi connectivity index (χ0v) is 24.5. The summed E-state index contributed by atoms with van der Waals surface area (Å²) in [4.78, 5) is 36.5. The summed E-state index contributed by atoms with van der Waals surface area (Å²) in [7, 11) is 0. The van der Waals surface area contributed by atoms with E-state index in [1.807, 2.05) is 37.3 Å². The molecule has 3 aromatic carbocycles. The average Bonchev–Trinajstić information content (AvgIpc) is 3.51. The summed E-state index contributed by atoms with van der Waals surface area (Å²) in [5, 5.41) is 21.3. The van der Waals surface area contributed by atoms with Gasteiger partial charge >= 0.3 is 6.03 Å². The second-order valence-corrected chi connectivity index (χ2v) is 11.0. The molecule has 0 unspecified atom stereocenters. The van der Waals surface area contributed by atoms with Crippen LogP contribution in [-0.4, -0.2) is 56.3 Å². The van der Waals surface area contributed by atoms with Gasteiger partial charge in [0.25, 0.3) is 5.91 Å². The molecule has 2 heterocycles. The van der Waals surface area contributed by atoms with Gasteiger partial charge in [0.2, 0.25) is 0 Å². The van der Waals surface area contributed by atoms with Crippen LogP contribution in [0.2, 0.25) is 0 Å². The maximum Gasteiger partial charge on any atom is 0.325 e. The molecule has 11 heteroatoms. The van der Waals surface area contributed by atoms with E-state index in [4.69, 9.17) is 9.72 Å². The normalized spacial score (nSPS) is 16.5. The number of aryl methyl sites for hydroxylation is 1. The van der Waals surface area contributed by atoms with Crippen LogP contribution < -0.4 is 10.1 Å². The third kappa shape index (κ3) is 5.80. The predicted molar refractivity (Wildman–Crippen MR) is 157 cm³/mol. The van der Waals surface area contributed by atoms with E-state index in [1.165, 1.54) is 11.0 Å². The van der Waals surface area contributed by atoms with E-state index in [1.54, 1.807) is 43.3 Å². The van der Waals surface area contributed by atoms with Crippen molar-refractivity contribution in [1.29, 1.82) is 0 Å². The number of hydrogen-bond acceptors (Lipinski definition) is 6. The van der Waals surface area contributed by atoms with E-state index >= 15 is 0 Å². The molecule has 1 saturated heterocycles. The number of H-pyrrole nitrogens is 1. The Bertz CT molecular complexity index is 1580. The van der Waals surface area contributed by atoms with Gasteiger partial charge in [-0.1, -0.05) is 65.3 Å². The van der Waals surface area contributed by atoms with Crippen molar-refractivity contribution < 1.29 is 28.9 Å². The Morgan fingerprint density at radius 1 is 1.05 bits per heavy atom. The largest absolute Gasteiger partial charge is 0.486 e. The number of hydrogen-bond donors (Lipinski definition) is 4. The minimum atomic E-state index is -0.956. The predicted octanol–water partition coefficient (Wildman–Crippen LogP) is 5.16. The molecule has 4 aromatic rings. The monoisotopic (exact) mass is 636 g/mol. The van der Waals surface area contributed by atoms with Crippen LogP contribution in [-0.2, 0) is 4.79 Å². The Hall–Kier alpha value is -4.06. The van der Waals surface area contributed by atoms with Gasteiger partial charge in [-0.25, -0.2) is 14.2 Å². The molecule has 42 heavy (non-hydrogen) atoms. The number of nitrogens with zero attached hydrogens (tertiary/aromatic N) is 2. The fourth-order valence-electron chi connectivity index (χ4n) is 5.14. The SMILES string of the molecule is Cc1[nH]c([C@H]([C@H](C)c2ccccc2)N2C(=O)N[C@H](c3ccc(OC(CO)CO)cc3)C2=O)nc1-c1ccc(Br)cc1F. The maximum absolute atomic E-state index is 14.9. The average molecular weight is 638 g/mol. The highest BCUT2D eigenvalue weighted by molar-refractivity contribution is 9.10. The Balaban J connectivity index is 1.51. The van der Waals surface area contributed by atoms with Crippen molar-refractivity contribution in [3.8, 4) is 17.0 Å². The molecular weight excluding hydrogens is 607 g/mol. The smallest absolute Gasteiger partial charge is 0.325 e. The van der Waals surface area contributed by atoms with Crippen LogP contribution in [0, 0.1) is 12.7 Å². The molecular formula is C31H30BrFN4O5. The Kier molecular flexibility index (Phi) is 8.72. The Morgan fingerprint density at radius 3 is 2.38 bits per heavy atom. The number of carbonyl (C=O) groups excluding carboxylic acids is 2. The van der Waals surface area contributed by atoms with Gasteiger partial charge in [0, 0.05) is 21.6 Å². The number of urea groups is 1. The van der Waals surface area contributed by atoms with Gasteiger partial charge in [0.15, 0.2) is 0 Å². The van der Waals surface area contributed by atoms with Crippen LogP contribution >= 0.6 is 15.9 Å². The molecule has 3 amide bonds. The topological polar surface area (TPSA) is 128 Å². The first kappa shape index (κ1) is 29.4. The fourth-order valence-corrected chi connectivity index (χ4v) is 5.47. The number of aliphatic hydroxyl groups excluding tert-OH is 2. The van der Waals surface area contributed by atoms with Gasteiger partial charge in [0.05, 0.1) is 18.9 Å². The van der Waals surface area contributed by atoms with Crippen molar-refractivity contribution in [2.24, 2.45) is 0 Å². The minimum absolute atomic E-state index is 0.298. The third-order valence-corrected chi connectivity index (χ3v) is 7.83. The summed E-state index contributed by atoms with van der Waals surface area (Å²) < 4.78 is 21.0. The number of aromatic nitrogens is 2. The highest BCUT2D eigenvalue weighted by atomic mass is 79.9. The standard InChI is InChI=1S/C31H30BrFN4O5/c1-17(19-6-4-3-5-7-19)28(29-34-18(2)26(35-29)24-13-10-21(32)14-25(24)33)37-30(40)27(36-31(37)41)20-8-11-22(12-9-20)42-23(15-38)16-39/h3-14,17,23,27-28,38-39H,15-16H2,1-2H3,(H,34,35)(H,36,41)/t17-,27-,28+/m1/s1. The molecule has 1 fully saturated rings. The molecule has 0 radical (unpaired) electrons. The number of ether oxygens (including phenoxy) is 1. The van der Waals surface area contributed by atoms with Crippen LogP contribution in [0.3, 0.4) is 0 Å². The van der Waals surface area contributed by atoms with E-state index < -0.39 is 35.9 Å². The number of amides is 3. The molecule has 0 aliphatic carbocycles. The lowest BCUT2D eigenvalue weighted by molar-refractivity contribution is -0.129. The van der Waals surface area contributed by atoms with Gasteiger partial charge in [-0.15, -0.1) is 0 Å². The molecule has 0 bridgehead atoms. The summed E-state index contributed by atoms with van der Waals surface area (Å²) in [5.74, 6) is -0.527. The van der Waals surface area contributed by atoms with Gasteiger partial charge in [-0.05, 0) is 48.4 Å². The number of benzene rings is 3. The van der Waals surface area contributed by atoms with Crippen LogP contribution in [0.4, 0.5) is 9.18 Å². The summed E-state index contributed by atoms with van der Waals surface area (Å²) >= 11 is 3.28. The van der Waals surface area contributed by atoms with Crippen molar-refractivity contribution in [2.75, 3.05) is 13.2 Å². The molecule has 4 N–H and O–H groups in total. The van der Waals surface area contributed by atoms with Crippen molar-refractivity contribution >= 4 is 27.9 Å². The van der Waals surface area contributed by atoms with Gasteiger partial charge < -0.3 is 25.3 Å². The van der Waals surface area contributed by atoms with Gasteiger partial charge in [0.1, 0.15) is 35.6 Å². The summed E-state index contributed by atoms with van der Waals surface area (Å²) in [6.07, 6.45) is -0.771. The molecule has 1 aliphatic rings. The number of rotatable bonds is 10. The highest BCUT2D eigenvalue weighted by Crippen LogP contribution is 2.40. The van der Waals surface area contributed by atoms with Crippen LogP contribution in [0.15, 0.2) is 77.3 Å². The number of carbonyl (C=O) groups is 2. The molecule has 1 aromatic heterocycles. The molecule has 1 aliphatic heterocycles. The Labute approximate surface area is 250 Å². The number of aliphatic hydroxyl groups is 2. The van der Waals surface area contributed by atoms with Crippen LogP contribution in [0.1, 0.15) is 47.6 Å². The summed E-state index contributed by atoms with van der Waals surface area (Å²) in [6.45, 7) is 2.98. The summed E-state index contributed by atoms with van der Waals surface area (Å²) in [5.41, 5.74) is 2.71. The number of halogens is 2. The van der Waals surface area contributed by atoms with E-state index in [2.05, 4.69) is 26.2 Å². The molecule has 218 valence electrons. The lowest BCUT2D eigenvalue weighted by Crippen LogP contribution is -2.38. The molecule has 5 rings (SSSR count). The molecule has 0 saturated carbocycles. The zero-order chi connectivity index (χ0) is 30.0. The van der Waals surface area contributed by atoms with Crippen LogP contribution in [0.5, 0.6) is 5.75 Å². The van der Waals surface area contributed by atoms with Gasteiger partial charge in [-0.2, -0.15) is 0 Å². The van der Waals surface area contributed by atoms with Crippen molar-refractivity contribution in [3.63, 3.8) is 0 Å². The van der Waals surface area contributed by atoms with E-state index in [0.717, 1.165) is 5.56 Å². The second kappa shape index (κ2) is 12.4. The van der Waals surface area contributed by atoms with E-state index in [0.29, 0.717) is 38.6 Å². The van der Waals surface area contributed by atoms with E-state index in [9.17, 15) is 24.2 Å². The number of imide groups is 1. The lowest BCUT2D eigenvalue weighted by Gasteiger charge is -2.29. The number of aromatic amines is 1. The molecule has 0 spiro atoms. The fraction of sp³-hybridized carbons (Fsp3) is 0.258. The van der Waals surface area contributed by atoms with E-state index in [-0.39, 0.29) is 19.1 Å². The third-order valence-electron chi connectivity index (χ3n) is 7.34. The maximum atomic E-state index is 14.9. The van der Waals surface area contributed by atoms with Crippen molar-refractivity contribution in [2.45, 2.75) is 38.0 Å². The lowest BCUT2D eigenvalue weighted by atomic mass is 9.91. The zero-order valence-electron chi connectivity index (χ0n) is 22.9. The minimum Gasteiger partial charge on any atom is -0.486 e. The highest BCUT2D eigenvalue weighted by Gasteiger charge is 2.46. The second-order valence-electron chi connectivity index (χ2n) is 10.1.